The van der Waals surface area contributed by atoms with Crippen molar-refractivity contribution >= 4 is 74.4 Å². The predicted molar refractivity (Wildman–Crippen MR) is 137 cm³/mol. The highest BCUT2D eigenvalue weighted by atomic mass is 79.9. The van der Waals surface area contributed by atoms with Gasteiger partial charge < -0.3 is 14.8 Å². The van der Waals surface area contributed by atoms with Crippen LogP contribution < -0.4 is 20.2 Å². The average molecular weight is 586 g/mol. The van der Waals surface area contributed by atoms with E-state index in [-0.39, 0.29) is 22.3 Å². The molecule has 2 N–H and O–H groups in total. The zero-order valence-electron chi connectivity index (χ0n) is 17.6. The Kier molecular flexibility index (Phi) is 9.18. The Morgan fingerprint density at radius 1 is 1.06 bits per heavy atom. The molecule has 2 amide bonds. The first-order valence-electron chi connectivity index (χ1n) is 9.61. The van der Waals surface area contributed by atoms with Gasteiger partial charge in [0.25, 0.3) is 0 Å². The van der Waals surface area contributed by atoms with Crippen LogP contribution in [0.1, 0.15) is 11.1 Å². The summed E-state index contributed by atoms with van der Waals surface area (Å²) in [6.07, 6.45) is 1.35. The van der Waals surface area contributed by atoms with E-state index in [2.05, 4.69) is 31.8 Å². The molecule has 3 aromatic rings. The molecule has 0 saturated heterocycles. The lowest BCUT2D eigenvalue weighted by Gasteiger charge is -2.13. The molecule has 0 aliphatic rings. The number of methoxy groups -OCH3 is 1. The maximum atomic E-state index is 12.1. The number of benzene rings is 3. The highest BCUT2D eigenvalue weighted by molar-refractivity contribution is 9.10. The molecule has 0 aliphatic carbocycles. The van der Waals surface area contributed by atoms with Crippen LogP contribution in [-0.2, 0) is 16.2 Å². The second-order valence-corrected chi connectivity index (χ2v) is 8.78. The van der Waals surface area contributed by atoms with E-state index in [9.17, 15) is 9.59 Å². The van der Waals surface area contributed by atoms with Gasteiger partial charge in [-0.1, -0.05) is 53.0 Å². The zero-order valence-corrected chi connectivity index (χ0v) is 21.4. The summed E-state index contributed by atoms with van der Waals surface area (Å²) >= 11 is 21.4. The standard InChI is InChI=1S/C23H17BrCl3N3O4/c1-33-19-10-14(9-16(24)21(19)34-12-13-4-2-5-15(25)8-13)11-28-30-23(32)22(31)29-18-7-3-6-17(26)20(18)27/h2-11H,12H2,1H3,(H,29,31)(H,30,32). The molecule has 0 unspecified atom stereocenters. The van der Waals surface area contributed by atoms with E-state index in [1.165, 1.54) is 19.4 Å². The number of carbonyl (C=O) groups excluding carboxylic acids is 2. The summed E-state index contributed by atoms with van der Waals surface area (Å²) in [5, 5.41) is 7.18. The largest absolute Gasteiger partial charge is 0.493 e. The summed E-state index contributed by atoms with van der Waals surface area (Å²) in [7, 11) is 1.50. The fourth-order valence-electron chi connectivity index (χ4n) is 2.73. The Balaban J connectivity index is 1.63. The van der Waals surface area contributed by atoms with E-state index in [4.69, 9.17) is 44.3 Å². The molecule has 3 aromatic carbocycles. The van der Waals surface area contributed by atoms with E-state index in [1.807, 2.05) is 18.2 Å². The summed E-state index contributed by atoms with van der Waals surface area (Å²) in [6, 6.07) is 15.4. The van der Waals surface area contributed by atoms with Crippen molar-refractivity contribution in [2.45, 2.75) is 6.61 Å². The van der Waals surface area contributed by atoms with E-state index in [0.29, 0.717) is 26.6 Å². The molecule has 0 aromatic heterocycles. The van der Waals surface area contributed by atoms with Crippen molar-refractivity contribution in [3.63, 3.8) is 0 Å². The third-order valence-corrected chi connectivity index (χ3v) is 5.95. The molecule has 34 heavy (non-hydrogen) atoms. The third-order valence-electron chi connectivity index (χ3n) is 4.31. The van der Waals surface area contributed by atoms with Crippen LogP contribution in [0.2, 0.25) is 15.1 Å². The number of anilines is 1. The minimum atomic E-state index is -0.986. The van der Waals surface area contributed by atoms with Gasteiger partial charge >= 0.3 is 11.8 Å². The van der Waals surface area contributed by atoms with Crippen LogP contribution in [0.5, 0.6) is 11.5 Å². The van der Waals surface area contributed by atoms with Crippen molar-refractivity contribution in [2.75, 3.05) is 12.4 Å². The van der Waals surface area contributed by atoms with E-state index in [0.717, 1.165) is 5.56 Å². The zero-order chi connectivity index (χ0) is 24.7. The summed E-state index contributed by atoms with van der Waals surface area (Å²) in [5.41, 5.74) is 3.84. The summed E-state index contributed by atoms with van der Waals surface area (Å²) in [4.78, 5) is 24.1. The van der Waals surface area contributed by atoms with Crippen molar-refractivity contribution in [1.29, 1.82) is 0 Å². The van der Waals surface area contributed by atoms with Gasteiger partial charge in [0.15, 0.2) is 11.5 Å². The van der Waals surface area contributed by atoms with Crippen molar-refractivity contribution in [2.24, 2.45) is 5.10 Å². The smallest absolute Gasteiger partial charge is 0.329 e. The minimum Gasteiger partial charge on any atom is -0.493 e. The minimum absolute atomic E-state index is 0.128. The van der Waals surface area contributed by atoms with Gasteiger partial charge in [-0.25, -0.2) is 5.43 Å². The lowest BCUT2D eigenvalue weighted by Crippen LogP contribution is -2.32. The summed E-state index contributed by atoms with van der Waals surface area (Å²) < 4.78 is 11.9. The lowest BCUT2D eigenvalue weighted by atomic mass is 10.2. The quantitative estimate of drug-likeness (QED) is 0.200. The third kappa shape index (κ3) is 6.87. The molecule has 176 valence electrons. The number of hydrogen-bond donors (Lipinski definition) is 2. The maximum absolute atomic E-state index is 12.1. The van der Waals surface area contributed by atoms with Gasteiger partial charge in [0.05, 0.1) is 33.5 Å². The number of hydrogen-bond acceptors (Lipinski definition) is 5. The molecule has 0 radical (unpaired) electrons. The molecular weight excluding hydrogens is 569 g/mol. The van der Waals surface area contributed by atoms with Crippen molar-refractivity contribution in [3.8, 4) is 11.5 Å². The van der Waals surface area contributed by atoms with Gasteiger partial charge in [-0.05, 0) is 63.5 Å². The van der Waals surface area contributed by atoms with Gasteiger partial charge in [-0.3, -0.25) is 9.59 Å². The molecule has 0 bridgehead atoms. The van der Waals surface area contributed by atoms with E-state index in [1.54, 1.807) is 30.3 Å². The number of amides is 2. The molecule has 7 nitrogen and oxygen atoms in total. The Morgan fingerprint density at radius 2 is 1.82 bits per heavy atom. The molecule has 0 saturated carbocycles. The Morgan fingerprint density at radius 3 is 2.56 bits per heavy atom. The Hall–Kier alpha value is -2.78. The number of nitrogens with zero attached hydrogens (tertiary/aromatic N) is 1. The van der Waals surface area contributed by atoms with Crippen molar-refractivity contribution in [3.05, 3.63) is 85.3 Å². The normalized spacial score (nSPS) is 10.7. The van der Waals surface area contributed by atoms with Crippen molar-refractivity contribution < 1.29 is 19.1 Å². The van der Waals surface area contributed by atoms with Crippen LogP contribution >= 0.6 is 50.7 Å². The second-order valence-electron chi connectivity index (χ2n) is 6.71. The maximum Gasteiger partial charge on any atom is 0.329 e. The van der Waals surface area contributed by atoms with Crippen molar-refractivity contribution in [1.82, 2.24) is 5.43 Å². The molecule has 0 fully saturated rings. The first-order valence-corrected chi connectivity index (χ1v) is 11.5. The van der Waals surface area contributed by atoms with Gasteiger partial charge in [0.2, 0.25) is 0 Å². The van der Waals surface area contributed by atoms with E-state index < -0.39 is 11.8 Å². The summed E-state index contributed by atoms with van der Waals surface area (Å²) in [6.45, 7) is 0.283. The summed E-state index contributed by atoms with van der Waals surface area (Å²) in [5.74, 6) is -1.01. The molecule has 0 aliphatic heterocycles. The molecule has 0 spiro atoms. The van der Waals surface area contributed by atoms with Gasteiger partial charge in [-0.15, -0.1) is 0 Å². The van der Waals surface area contributed by atoms with Crippen LogP contribution in [0.4, 0.5) is 5.69 Å². The Labute approximate surface area is 219 Å². The highest BCUT2D eigenvalue weighted by Crippen LogP contribution is 2.37. The number of hydrazone groups is 1. The van der Waals surface area contributed by atoms with Crippen LogP contribution in [0.3, 0.4) is 0 Å². The predicted octanol–water partition coefficient (Wildman–Crippen LogP) is 6.09. The van der Waals surface area contributed by atoms with Crippen LogP contribution in [0, 0.1) is 0 Å². The van der Waals surface area contributed by atoms with Crippen LogP contribution in [0.25, 0.3) is 0 Å². The van der Waals surface area contributed by atoms with Gasteiger partial charge in [0, 0.05) is 5.02 Å². The number of nitrogens with one attached hydrogen (secondary N) is 2. The average Bonchev–Trinajstić information content (AvgIpc) is 2.81. The number of carbonyl (C=O) groups is 2. The van der Waals surface area contributed by atoms with Gasteiger partial charge in [0.1, 0.15) is 6.61 Å². The monoisotopic (exact) mass is 583 g/mol. The fourth-order valence-corrected chi connectivity index (χ4v) is 3.87. The topological polar surface area (TPSA) is 89.0 Å². The van der Waals surface area contributed by atoms with Crippen LogP contribution in [-0.4, -0.2) is 25.1 Å². The first kappa shape index (κ1) is 25.8. The molecule has 11 heteroatoms. The molecule has 0 atom stereocenters. The Bertz CT molecular complexity index is 1250. The van der Waals surface area contributed by atoms with Crippen LogP contribution in [0.15, 0.2) is 64.2 Å². The number of rotatable bonds is 7. The lowest BCUT2D eigenvalue weighted by molar-refractivity contribution is -0.136. The molecule has 3 rings (SSSR count). The SMILES string of the molecule is COc1cc(C=NNC(=O)C(=O)Nc2cccc(Cl)c2Cl)cc(Br)c1OCc1cccc(Cl)c1. The molecule has 0 heterocycles. The first-order chi connectivity index (χ1) is 16.3. The highest BCUT2D eigenvalue weighted by Gasteiger charge is 2.16. The van der Waals surface area contributed by atoms with E-state index >= 15 is 0 Å². The van der Waals surface area contributed by atoms with Gasteiger partial charge in [-0.2, -0.15) is 5.10 Å². The molecular formula is C23H17BrCl3N3O4. The number of halogens is 4. The second kappa shape index (κ2) is 12.1. The fraction of sp³-hybridized carbons (Fsp3) is 0.0870. The number of ether oxygens (including phenoxy) is 2.